The average Bonchev–Trinajstić information content (AvgIpc) is 3.48. The van der Waals surface area contributed by atoms with Crippen molar-refractivity contribution in [2.24, 2.45) is 0 Å². The summed E-state index contributed by atoms with van der Waals surface area (Å²) in [6.45, 7) is 3.97. The largest absolute Gasteiger partial charge is 0.497 e. The first-order valence-corrected chi connectivity index (χ1v) is 16.1. The van der Waals surface area contributed by atoms with E-state index in [1.165, 1.54) is 23.1 Å². The molecular weight excluding hydrogens is 605 g/mol. The van der Waals surface area contributed by atoms with Gasteiger partial charge in [0.05, 0.1) is 13.7 Å². The molecule has 0 aliphatic carbocycles. The van der Waals surface area contributed by atoms with E-state index in [0.29, 0.717) is 33.1 Å². The number of thioether (sulfide) groups is 1. The second-order valence-electron chi connectivity index (χ2n) is 10.1. The molecule has 228 valence electrons. The molecule has 0 fully saturated rings. The summed E-state index contributed by atoms with van der Waals surface area (Å²) < 4.78 is 10.6. The molecule has 5 rings (SSSR count). The molecule has 5 aromatic rings. The van der Waals surface area contributed by atoms with Crippen LogP contribution in [0.1, 0.15) is 44.0 Å². The van der Waals surface area contributed by atoms with Crippen LogP contribution in [-0.2, 0) is 9.53 Å². The summed E-state index contributed by atoms with van der Waals surface area (Å²) in [5, 5.41) is 7.59. The van der Waals surface area contributed by atoms with Crippen LogP contribution in [0.15, 0.2) is 113 Å². The predicted molar refractivity (Wildman–Crippen MR) is 182 cm³/mol. The van der Waals surface area contributed by atoms with E-state index >= 15 is 0 Å². The van der Waals surface area contributed by atoms with E-state index in [2.05, 4.69) is 10.6 Å². The van der Waals surface area contributed by atoms with Gasteiger partial charge in [0, 0.05) is 27.1 Å². The number of nitrogens with one attached hydrogen (secondary N) is 2. The minimum atomic E-state index is -0.657. The number of hydrogen-bond donors (Lipinski definition) is 2. The fourth-order valence-electron chi connectivity index (χ4n) is 4.63. The quantitative estimate of drug-likeness (QED) is 0.111. The topological polar surface area (TPSA) is 93.7 Å². The molecule has 4 aromatic carbocycles. The van der Waals surface area contributed by atoms with Gasteiger partial charge in [-0.25, -0.2) is 4.79 Å². The van der Waals surface area contributed by atoms with Crippen molar-refractivity contribution in [3.05, 3.63) is 131 Å². The number of carbonyl (C=O) groups is 3. The number of esters is 1. The van der Waals surface area contributed by atoms with Crippen molar-refractivity contribution in [1.82, 2.24) is 0 Å². The van der Waals surface area contributed by atoms with Gasteiger partial charge in [-0.15, -0.1) is 23.1 Å². The van der Waals surface area contributed by atoms with Crippen LogP contribution in [0.3, 0.4) is 0 Å². The molecule has 2 amide bonds. The van der Waals surface area contributed by atoms with Crippen molar-refractivity contribution in [2.75, 3.05) is 24.4 Å². The van der Waals surface area contributed by atoms with Crippen LogP contribution in [-0.4, -0.2) is 31.5 Å². The Hall–Kier alpha value is -4.86. The number of ether oxygens (including phenoxy) is 2. The number of carbonyl (C=O) groups excluding carboxylic acids is 3. The zero-order valence-corrected chi connectivity index (χ0v) is 26.7. The zero-order chi connectivity index (χ0) is 31.8. The van der Waals surface area contributed by atoms with Gasteiger partial charge in [-0.1, -0.05) is 72.3 Å². The first kappa shape index (κ1) is 31.6. The Morgan fingerprint density at radius 2 is 1.62 bits per heavy atom. The van der Waals surface area contributed by atoms with Crippen LogP contribution in [0, 0.1) is 6.92 Å². The highest BCUT2D eigenvalue weighted by atomic mass is 32.2. The second kappa shape index (κ2) is 14.7. The summed E-state index contributed by atoms with van der Waals surface area (Å²) in [4.78, 5) is 40.8. The highest BCUT2D eigenvalue weighted by molar-refractivity contribution is 8.00. The molecule has 0 spiro atoms. The van der Waals surface area contributed by atoms with Crippen molar-refractivity contribution in [3.8, 4) is 16.9 Å². The molecule has 0 radical (unpaired) electrons. The lowest BCUT2D eigenvalue weighted by molar-refractivity contribution is -0.115. The van der Waals surface area contributed by atoms with Crippen LogP contribution >= 0.6 is 23.1 Å². The molecule has 0 aliphatic rings. The highest BCUT2D eigenvalue weighted by Gasteiger charge is 2.27. The van der Waals surface area contributed by atoms with Gasteiger partial charge < -0.3 is 20.1 Å². The lowest BCUT2D eigenvalue weighted by Crippen LogP contribution is -2.20. The van der Waals surface area contributed by atoms with Gasteiger partial charge >= 0.3 is 5.97 Å². The maximum atomic E-state index is 14.0. The molecule has 2 N–H and O–H groups in total. The summed E-state index contributed by atoms with van der Waals surface area (Å²) >= 11 is 2.63. The number of thiophene rings is 1. The molecule has 1 unspecified atom stereocenters. The number of aryl methyl sites for hydroxylation is 1. The zero-order valence-electron chi connectivity index (χ0n) is 25.0. The maximum absolute atomic E-state index is 14.0. The third-order valence-corrected chi connectivity index (χ3v) is 9.03. The Morgan fingerprint density at radius 3 is 2.36 bits per heavy atom. The van der Waals surface area contributed by atoms with E-state index in [-0.39, 0.29) is 18.4 Å². The molecule has 0 saturated carbocycles. The molecule has 0 aliphatic heterocycles. The maximum Gasteiger partial charge on any atom is 0.341 e. The Morgan fingerprint density at radius 1 is 0.867 bits per heavy atom. The number of benzene rings is 4. The third kappa shape index (κ3) is 7.81. The number of amides is 2. The Kier molecular flexibility index (Phi) is 10.3. The lowest BCUT2D eigenvalue weighted by Gasteiger charge is -2.18. The minimum absolute atomic E-state index is 0.211. The van der Waals surface area contributed by atoms with E-state index in [4.69, 9.17) is 9.47 Å². The SMILES string of the molecule is CCOC(=O)c1c(-c2ccc(C)cc2)csc1NC(=O)C(Sc1cccc(NC(=O)c2cccc(OC)c2)c1)c1ccccc1. The molecule has 0 bridgehead atoms. The molecule has 0 saturated heterocycles. The fraction of sp³-hybridized carbons (Fsp3) is 0.139. The van der Waals surface area contributed by atoms with Gasteiger partial charge in [-0.3, -0.25) is 9.59 Å². The van der Waals surface area contributed by atoms with Crippen molar-refractivity contribution >= 4 is 51.6 Å². The van der Waals surface area contributed by atoms with Gasteiger partial charge in [0.1, 0.15) is 21.6 Å². The van der Waals surface area contributed by atoms with Crippen molar-refractivity contribution in [3.63, 3.8) is 0 Å². The van der Waals surface area contributed by atoms with Gasteiger partial charge in [0.2, 0.25) is 5.91 Å². The van der Waals surface area contributed by atoms with Crippen molar-refractivity contribution < 1.29 is 23.9 Å². The summed E-state index contributed by atoms with van der Waals surface area (Å²) in [5.74, 6) is -0.471. The first-order valence-electron chi connectivity index (χ1n) is 14.3. The van der Waals surface area contributed by atoms with E-state index < -0.39 is 11.2 Å². The van der Waals surface area contributed by atoms with Crippen LogP contribution in [0.5, 0.6) is 5.75 Å². The smallest absolute Gasteiger partial charge is 0.341 e. The van der Waals surface area contributed by atoms with Crippen LogP contribution in [0.2, 0.25) is 0 Å². The molecule has 1 aromatic heterocycles. The number of hydrogen-bond acceptors (Lipinski definition) is 7. The summed E-state index contributed by atoms with van der Waals surface area (Å²) in [6.07, 6.45) is 0. The normalized spacial score (nSPS) is 11.4. The molecule has 1 heterocycles. The van der Waals surface area contributed by atoms with Crippen LogP contribution in [0.4, 0.5) is 10.7 Å². The van der Waals surface area contributed by atoms with Gasteiger partial charge in [0.15, 0.2) is 0 Å². The summed E-state index contributed by atoms with van der Waals surface area (Å²) in [5.41, 5.74) is 4.85. The third-order valence-electron chi connectivity index (χ3n) is 6.89. The lowest BCUT2D eigenvalue weighted by atomic mass is 10.0. The minimum Gasteiger partial charge on any atom is -0.497 e. The van der Waals surface area contributed by atoms with E-state index in [0.717, 1.165) is 21.6 Å². The number of methoxy groups -OCH3 is 1. The predicted octanol–water partition coefficient (Wildman–Crippen LogP) is 8.63. The van der Waals surface area contributed by atoms with Gasteiger partial charge in [-0.2, -0.15) is 0 Å². The van der Waals surface area contributed by atoms with Crippen LogP contribution < -0.4 is 15.4 Å². The van der Waals surface area contributed by atoms with Gasteiger partial charge in [-0.05, 0) is 61.4 Å². The Bertz CT molecular complexity index is 1800. The molecular formula is C36H32N2O5S2. The monoisotopic (exact) mass is 636 g/mol. The highest BCUT2D eigenvalue weighted by Crippen LogP contribution is 2.40. The molecule has 45 heavy (non-hydrogen) atoms. The van der Waals surface area contributed by atoms with Crippen molar-refractivity contribution in [1.29, 1.82) is 0 Å². The molecule has 9 heteroatoms. The van der Waals surface area contributed by atoms with E-state index in [1.54, 1.807) is 44.4 Å². The van der Waals surface area contributed by atoms with Gasteiger partial charge in [0.25, 0.3) is 5.91 Å². The Labute approximate surface area is 270 Å². The van der Waals surface area contributed by atoms with E-state index in [9.17, 15) is 14.4 Å². The van der Waals surface area contributed by atoms with Crippen molar-refractivity contribution in [2.45, 2.75) is 24.0 Å². The first-order chi connectivity index (χ1) is 21.9. The summed E-state index contributed by atoms with van der Waals surface area (Å²) in [6, 6.07) is 31.6. The molecule has 7 nitrogen and oxygen atoms in total. The number of anilines is 2. The Balaban J connectivity index is 1.41. The average molecular weight is 637 g/mol. The standard InChI is InChI=1S/C36H32N2O5S2/c1-4-43-36(41)31-30(24-18-16-23(2)17-19-24)22-44-35(31)38-34(40)32(25-10-6-5-7-11-25)45-29-15-9-13-27(21-29)37-33(39)26-12-8-14-28(20-26)42-3/h5-22,32H,4H2,1-3H3,(H,37,39)(H,38,40). The number of rotatable bonds is 11. The summed E-state index contributed by atoms with van der Waals surface area (Å²) in [7, 11) is 1.55. The van der Waals surface area contributed by atoms with Crippen LogP contribution in [0.25, 0.3) is 11.1 Å². The molecule has 1 atom stereocenters. The fourth-order valence-corrected chi connectivity index (χ4v) is 6.67. The second-order valence-corrected chi connectivity index (χ2v) is 12.1. The van der Waals surface area contributed by atoms with E-state index in [1.807, 2.05) is 85.1 Å².